The van der Waals surface area contributed by atoms with Gasteiger partial charge in [0.1, 0.15) is 0 Å². The van der Waals surface area contributed by atoms with Crippen LogP contribution in [-0.4, -0.2) is 13.2 Å². The largest absolute Gasteiger partial charge is 0.381 e. The lowest BCUT2D eigenvalue weighted by Gasteiger charge is -2.22. The number of hydrogen-bond donors (Lipinski definition) is 0. The van der Waals surface area contributed by atoms with E-state index in [0.717, 1.165) is 31.1 Å². The SMILES string of the molecule is Clc1cccc(C2CCOCC2)c1. The third-order valence-electron chi connectivity index (χ3n) is 2.54. The topological polar surface area (TPSA) is 9.23 Å². The number of rotatable bonds is 1. The van der Waals surface area contributed by atoms with Crippen molar-refractivity contribution in [2.75, 3.05) is 13.2 Å². The number of benzene rings is 1. The summed E-state index contributed by atoms with van der Waals surface area (Å²) in [5.74, 6) is 0.646. The van der Waals surface area contributed by atoms with E-state index >= 15 is 0 Å². The van der Waals surface area contributed by atoms with Crippen molar-refractivity contribution >= 4 is 11.6 Å². The average molecular weight is 197 g/mol. The zero-order chi connectivity index (χ0) is 9.10. The number of ether oxygens (including phenoxy) is 1. The van der Waals surface area contributed by atoms with Crippen LogP contribution in [0.25, 0.3) is 0 Å². The van der Waals surface area contributed by atoms with Gasteiger partial charge in [-0.15, -0.1) is 0 Å². The van der Waals surface area contributed by atoms with Crippen molar-refractivity contribution in [2.45, 2.75) is 18.8 Å². The molecule has 2 heteroatoms. The Morgan fingerprint density at radius 1 is 1.23 bits per heavy atom. The van der Waals surface area contributed by atoms with Gasteiger partial charge in [0.25, 0.3) is 0 Å². The highest BCUT2D eigenvalue weighted by atomic mass is 35.5. The smallest absolute Gasteiger partial charge is 0.0471 e. The predicted octanol–water partition coefficient (Wildman–Crippen LogP) is 3.23. The van der Waals surface area contributed by atoms with Crippen LogP contribution in [0.5, 0.6) is 0 Å². The minimum atomic E-state index is 0.646. The molecular weight excluding hydrogens is 184 g/mol. The lowest BCUT2D eigenvalue weighted by Crippen LogP contribution is -2.13. The molecule has 0 aromatic heterocycles. The standard InChI is InChI=1S/C11H13ClO/c12-11-3-1-2-10(8-11)9-4-6-13-7-5-9/h1-3,8-9H,4-7H2. The Kier molecular flexibility index (Phi) is 2.87. The Hall–Kier alpha value is -0.530. The molecule has 1 heterocycles. The third-order valence-corrected chi connectivity index (χ3v) is 2.78. The van der Waals surface area contributed by atoms with E-state index in [1.54, 1.807) is 0 Å². The van der Waals surface area contributed by atoms with Gasteiger partial charge in [0.05, 0.1) is 0 Å². The van der Waals surface area contributed by atoms with Gasteiger partial charge in [-0.1, -0.05) is 23.7 Å². The zero-order valence-electron chi connectivity index (χ0n) is 7.50. The lowest BCUT2D eigenvalue weighted by atomic mass is 9.92. The van der Waals surface area contributed by atoms with Gasteiger partial charge in [-0.2, -0.15) is 0 Å². The Morgan fingerprint density at radius 2 is 2.00 bits per heavy atom. The van der Waals surface area contributed by atoms with Crippen molar-refractivity contribution in [3.8, 4) is 0 Å². The van der Waals surface area contributed by atoms with Gasteiger partial charge in [0.15, 0.2) is 0 Å². The fourth-order valence-corrected chi connectivity index (χ4v) is 1.99. The normalized spacial score (nSPS) is 18.8. The van der Waals surface area contributed by atoms with Crippen LogP contribution >= 0.6 is 11.6 Å². The first-order valence-electron chi connectivity index (χ1n) is 4.69. The summed E-state index contributed by atoms with van der Waals surface area (Å²) >= 11 is 5.93. The zero-order valence-corrected chi connectivity index (χ0v) is 8.26. The second-order valence-corrected chi connectivity index (χ2v) is 3.88. The summed E-state index contributed by atoms with van der Waals surface area (Å²) in [7, 11) is 0. The molecule has 0 radical (unpaired) electrons. The summed E-state index contributed by atoms with van der Waals surface area (Å²) in [5.41, 5.74) is 1.36. The fraction of sp³-hybridized carbons (Fsp3) is 0.455. The minimum Gasteiger partial charge on any atom is -0.381 e. The molecule has 0 saturated carbocycles. The van der Waals surface area contributed by atoms with E-state index in [1.165, 1.54) is 5.56 Å². The van der Waals surface area contributed by atoms with Gasteiger partial charge < -0.3 is 4.74 Å². The highest BCUT2D eigenvalue weighted by Gasteiger charge is 2.15. The monoisotopic (exact) mass is 196 g/mol. The molecule has 0 unspecified atom stereocenters. The molecule has 0 amide bonds. The molecule has 0 N–H and O–H groups in total. The summed E-state index contributed by atoms with van der Waals surface area (Å²) in [6.45, 7) is 1.77. The van der Waals surface area contributed by atoms with E-state index in [-0.39, 0.29) is 0 Å². The number of hydrogen-bond acceptors (Lipinski definition) is 1. The molecule has 0 aliphatic carbocycles. The third kappa shape index (κ3) is 2.23. The maximum atomic E-state index is 5.93. The van der Waals surface area contributed by atoms with Gasteiger partial charge in [0, 0.05) is 18.2 Å². The van der Waals surface area contributed by atoms with Crippen LogP contribution in [0.15, 0.2) is 24.3 Å². The van der Waals surface area contributed by atoms with Crippen molar-refractivity contribution in [3.05, 3.63) is 34.9 Å². The quantitative estimate of drug-likeness (QED) is 0.670. The molecule has 1 saturated heterocycles. The molecule has 1 aliphatic rings. The van der Waals surface area contributed by atoms with E-state index in [1.807, 2.05) is 12.1 Å². The van der Waals surface area contributed by atoms with Gasteiger partial charge in [-0.25, -0.2) is 0 Å². The molecule has 1 aromatic rings. The molecule has 70 valence electrons. The van der Waals surface area contributed by atoms with Crippen LogP contribution < -0.4 is 0 Å². The highest BCUT2D eigenvalue weighted by molar-refractivity contribution is 6.30. The van der Waals surface area contributed by atoms with E-state index in [0.29, 0.717) is 5.92 Å². The van der Waals surface area contributed by atoms with E-state index in [9.17, 15) is 0 Å². The molecule has 0 atom stereocenters. The highest BCUT2D eigenvalue weighted by Crippen LogP contribution is 2.28. The van der Waals surface area contributed by atoms with Gasteiger partial charge in [-0.3, -0.25) is 0 Å². The summed E-state index contributed by atoms with van der Waals surface area (Å²) in [4.78, 5) is 0. The summed E-state index contributed by atoms with van der Waals surface area (Å²) < 4.78 is 5.32. The fourth-order valence-electron chi connectivity index (χ4n) is 1.79. The Morgan fingerprint density at radius 3 is 2.69 bits per heavy atom. The minimum absolute atomic E-state index is 0.646. The van der Waals surface area contributed by atoms with Crippen LogP contribution in [0, 0.1) is 0 Å². The molecule has 1 nitrogen and oxygen atoms in total. The van der Waals surface area contributed by atoms with Crippen LogP contribution in [0.4, 0.5) is 0 Å². The van der Waals surface area contributed by atoms with Crippen LogP contribution in [0.2, 0.25) is 5.02 Å². The summed E-state index contributed by atoms with van der Waals surface area (Å²) in [6.07, 6.45) is 2.25. The second kappa shape index (κ2) is 4.12. The molecule has 13 heavy (non-hydrogen) atoms. The molecule has 1 aromatic carbocycles. The first-order chi connectivity index (χ1) is 6.36. The molecule has 1 fully saturated rings. The van der Waals surface area contributed by atoms with Gasteiger partial charge >= 0.3 is 0 Å². The Balaban J connectivity index is 2.14. The molecule has 2 rings (SSSR count). The predicted molar refractivity (Wildman–Crippen MR) is 54.2 cm³/mol. The van der Waals surface area contributed by atoms with Crippen molar-refractivity contribution in [2.24, 2.45) is 0 Å². The summed E-state index contributed by atoms with van der Waals surface area (Å²) in [6, 6.07) is 8.16. The van der Waals surface area contributed by atoms with Crippen LogP contribution in [-0.2, 0) is 4.74 Å². The van der Waals surface area contributed by atoms with E-state index < -0.39 is 0 Å². The van der Waals surface area contributed by atoms with Crippen molar-refractivity contribution in [1.29, 1.82) is 0 Å². The maximum absolute atomic E-state index is 5.93. The second-order valence-electron chi connectivity index (χ2n) is 3.44. The van der Waals surface area contributed by atoms with Crippen molar-refractivity contribution < 1.29 is 4.74 Å². The number of halogens is 1. The molecular formula is C11H13ClO. The van der Waals surface area contributed by atoms with E-state index in [4.69, 9.17) is 16.3 Å². The molecule has 0 spiro atoms. The summed E-state index contributed by atoms with van der Waals surface area (Å²) in [5, 5.41) is 0.837. The van der Waals surface area contributed by atoms with Crippen LogP contribution in [0.1, 0.15) is 24.3 Å². The van der Waals surface area contributed by atoms with Crippen LogP contribution in [0.3, 0.4) is 0 Å². The van der Waals surface area contributed by atoms with Crippen molar-refractivity contribution in [1.82, 2.24) is 0 Å². The van der Waals surface area contributed by atoms with Gasteiger partial charge in [0.2, 0.25) is 0 Å². The lowest BCUT2D eigenvalue weighted by molar-refractivity contribution is 0.0853. The first-order valence-corrected chi connectivity index (χ1v) is 5.07. The average Bonchev–Trinajstić information content (AvgIpc) is 2.19. The van der Waals surface area contributed by atoms with Gasteiger partial charge in [-0.05, 0) is 36.5 Å². The molecule has 1 aliphatic heterocycles. The Bertz CT molecular complexity index is 279. The maximum Gasteiger partial charge on any atom is 0.0471 e. The Labute approximate surface area is 83.7 Å². The first kappa shape index (κ1) is 9.04. The molecule has 0 bridgehead atoms. The van der Waals surface area contributed by atoms with E-state index in [2.05, 4.69) is 12.1 Å². The van der Waals surface area contributed by atoms with Crippen molar-refractivity contribution in [3.63, 3.8) is 0 Å².